The van der Waals surface area contributed by atoms with Crippen LogP contribution in [0.1, 0.15) is 62.2 Å². The van der Waals surface area contributed by atoms with Gasteiger partial charge in [-0.15, -0.1) is 5.10 Å². The summed E-state index contributed by atoms with van der Waals surface area (Å²) in [5, 5.41) is 18.5. The maximum atomic E-state index is 14.5. The summed E-state index contributed by atoms with van der Waals surface area (Å²) in [6.45, 7) is 6.04. The fourth-order valence-corrected chi connectivity index (χ4v) is 6.25. The van der Waals surface area contributed by atoms with E-state index < -0.39 is 23.2 Å². The maximum Gasteiger partial charge on any atom is 0.246 e. The number of aliphatic hydroxyl groups is 1. The molecular weight excluding hydrogens is 464 g/mol. The Morgan fingerprint density at radius 1 is 1.11 bits per heavy atom. The summed E-state index contributed by atoms with van der Waals surface area (Å²) in [5.74, 6) is -0.874. The minimum Gasteiger partial charge on any atom is -0.443 e. The molecule has 3 aromatic heterocycles. The molecule has 2 bridgehead atoms. The third-order valence-corrected chi connectivity index (χ3v) is 7.95. The predicted octanol–water partition coefficient (Wildman–Crippen LogP) is 4.99. The van der Waals surface area contributed by atoms with Gasteiger partial charge in [0.05, 0.1) is 46.1 Å². The fraction of sp³-hybridized carbons (Fsp3) is 0.370. The van der Waals surface area contributed by atoms with Crippen molar-refractivity contribution in [2.24, 2.45) is 5.41 Å². The first-order valence-corrected chi connectivity index (χ1v) is 12.0. The van der Waals surface area contributed by atoms with Crippen LogP contribution in [0.4, 0.5) is 8.78 Å². The summed E-state index contributed by atoms with van der Waals surface area (Å²) < 4.78 is 34.6. The van der Waals surface area contributed by atoms with Crippen LogP contribution in [0.2, 0.25) is 0 Å². The normalized spacial score (nSPS) is 22.6. The van der Waals surface area contributed by atoms with Crippen molar-refractivity contribution in [1.29, 1.82) is 0 Å². The van der Waals surface area contributed by atoms with Crippen molar-refractivity contribution in [3.63, 3.8) is 0 Å². The topological polar surface area (TPSA) is 97.8 Å². The lowest BCUT2D eigenvalue weighted by Crippen LogP contribution is -2.38. The van der Waals surface area contributed by atoms with Gasteiger partial charge < -0.3 is 9.52 Å². The van der Waals surface area contributed by atoms with Crippen molar-refractivity contribution in [2.75, 3.05) is 0 Å². The Balaban J connectivity index is 1.46. The highest BCUT2D eigenvalue weighted by Crippen LogP contribution is 2.69. The van der Waals surface area contributed by atoms with E-state index in [4.69, 9.17) is 9.40 Å². The van der Waals surface area contributed by atoms with E-state index in [9.17, 15) is 13.9 Å². The number of aliphatic hydroxyl groups excluding tert-OH is 1. The molecule has 1 saturated carbocycles. The molecule has 0 aliphatic heterocycles. The molecule has 184 valence electrons. The number of hydrogen-bond acceptors (Lipinski definition) is 7. The fourth-order valence-electron chi connectivity index (χ4n) is 6.25. The van der Waals surface area contributed by atoms with Crippen molar-refractivity contribution in [1.82, 2.24) is 25.1 Å². The number of halogens is 2. The molecule has 0 radical (unpaired) electrons. The van der Waals surface area contributed by atoms with Crippen molar-refractivity contribution in [2.45, 2.75) is 57.5 Å². The van der Waals surface area contributed by atoms with Gasteiger partial charge in [0.2, 0.25) is 5.89 Å². The van der Waals surface area contributed by atoms with Gasteiger partial charge in [-0.2, -0.15) is 5.10 Å². The first kappa shape index (κ1) is 22.8. The summed E-state index contributed by atoms with van der Waals surface area (Å²) >= 11 is 0. The van der Waals surface area contributed by atoms with E-state index in [-0.39, 0.29) is 22.6 Å². The SMILES string of the molecule is C[C@H](O)Cc1coc(-c2cncc([C@@]34CC[C@@H](c5cc(-c6c(F)cccc6F)nnc53)C4(C)C)n2)n1. The molecule has 6 rings (SSSR count). The van der Waals surface area contributed by atoms with E-state index in [2.05, 4.69) is 34.0 Å². The summed E-state index contributed by atoms with van der Waals surface area (Å²) in [4.78, 5) is 13.8. The minimum absolute atomic E-state index is 0.126. The highest BCUT2D eigenvalue weighted by Gasteiger charge is 2.65. The molecule has 0 saturated heterocycles. The van der Waals surface area contributed by atoms with Gasteiger partial charge in [0, 0.05) is 12.6 Å². The Labute approximate surface area is 206 Å². The smallest absolute Gasteiger partial charge is 0.246 e. The molecule has 2 aliphatic carbocycles. The molecule has 7 nitrogen and oxygen atoms in total. The molecular formula is C27H25F2N5O2. The molecule has 0 spiro atoms. The highest BCUT2D eigenvalue weighted by molar-refractivity contribution is 5.64. The zero-order valence-electron chi connectivity index (χ0n) is 20.2. The molecule has 0 amide bonds. The number of aromatic nitrogens is 5. The van der Waals surface area contributed by atoms with Crippen LogP contribution >= 0.6 is 0 Å². The van der Waals surface area contributed by atoms with Gasteiger partial charge in [0.25, 0.3) is 0 Å². The van der Waals surface area contributed by atoms with Gasteiger partial charge in [-0.1, -0.05) is 19.9 Å². The molecule has 3 atom stereocenters. The lowest BCUT2D eigenvalue weighted by Gasteiger charge is -2.37. The molecule has 2 aliphatic rings. The van der Waals surface area contributed by atoms with Crippen LogP contribution in [0.5, 0.6) is 0 Å². The van der Waals surface area contributed by atoms with Gasteiger partial charge in [-0.3, -0.25) is 4.98 Å². The van der Waals surface area contributed by atoms with Crippen molar-refractivity contribution < 1.29 is 18.3 Å². The molecule has 4 aromatic rings. The van der Waals surface area contributed by atoms with Gasteiger partial charge in [0.15, 0.2) is 0 Å². The molecule has 1 aromatic carbocycles. The zero-order chi connectivity index (χ0) is 25.2. The summed E-state index contributed by atoms with van der Waals surface area (Å²) in [6, 6.07) is 5.56. The highest BCUT2D eigenvalue weighted by atomic mass is 19.1. The van der Waals surface area contributed by atoms with Crippen molar-refractivity contribution in [3.8, 4) is 22.8 Å². The van der Waals surface area contributed by atoms with Crippen LogP contribution < -0.4 is 0 Å². The molecule has 1 N–H and O–H groups in total. The van der Waals surface area contributed by atoms with Crippen LogP contribution in [0, 0.1) is 17.0 Å². The monoisotopic (exact) mass is 489 g/mol. The van der Waals surface area contributed by atoms with Crippen LogP contribution in [0.25, 0.3) is 22.8 Å². The van der Waals surface area contributed by atoms with E-state index >= 15 is 0 Å². The van der Waals surface area contributed by atoms with Crippen LogP contribution in [0.3, 0.4) is 0 Å². The van der Waals surface area contributed by atoms with E-state index in [1.807, 2.05) is 0 Å². The van der Waals surface area contributed by atoms with Gasteiger partial charge >= 0.3 is 0 Å². The lowest BCUT2D eigenvalue weighted by atomic mass is 9.66. The summed E-state index contributed by atoms with van der Waals surface area (Å²) in [6.07, 6.45) is 6.39. The number of fused-ring (bicyclic) bond motifs is 5. The van der Waals surface area contributed by atoms with Crippen molar-refractivity contribution in [3.05, 3.63) is 77.2 Å². The number of benzene rings is 1. The van der Waals surface area contributed by atoms with Crippen LogP contribution in [-0.2, 0) is 11.8 Å². The number of rotatable bonds is 5. The summed E-state index contributed by atoms with van der Waals surface area (Å²) in [5.41, 5.74) is 2.76. The average Bonchev–Trinajstić information content (AvgIpc) is 3.46. The standard InChI is InChI=1S/C27H25F2N5O2/c1-14(35)9-15-13-36-25(31-15)21-11-30-12-22(32-21)27-8-7-17(26(27,2)3)16-10-20(33-34-24(16)27)23-18(28)5-4-6-19(23)29/h4-6,10-14,17,35H,7-9H2,1-3H3/t14-,17-,27-/m0/s1. The second-order valence-electron chi connectivity index (χ2n) is 10.3. The first-order valence-electron chi connectivity index (χ1n) is 12.0. The zero-order valence-corrected chi connectivity index (χ0v) is 20.2. The largest absolute Gasteiger partial charge is 0.443 e. The third-order valence-electron chi connectivity index (χ3n) is 7.95. The van der Waals surface area contributed by atoms with E-state index in [1.165, 1.54) is 24.5 Å². The van der Waals surface area contributed by atoms with Crippen molar-refractivity contribution >= 4 is 0 Å². The first-order chi connectivity index (χ1) is 17.2. The maximum absolute atomic E-state index is 14.5. The van der Waals surface area contributed by atoms with E-state index in [0.29, 0.717) is 23.7 Å². The third kappa shape index (κ3) is 3.15. The number of nitrogens with zero attached hydrogens (tertiary/aromatic N) is 5. The Morgan fingerprint density at radius 3 is 2.64 bits per heavy atom. The molecule has 1 fully saturated rings. The molecule has 0 unspecified atom stereocenters. The Kier molecular flexibility index (Phi) is 5.05. The quantitative estimate of drug-likeness (QED) is 0.422. The Bertz CT molecular complexity index is 1460. The van der Waals surface area contributed by atoms with Gasteiger partial charge in [-0.25, -0.2) is 18.7 Å². The van der Waals surface area contributed by atoms with E-state index in [0.717, 1.165) is 29.8 Å². The van der Waals surface area contributed by atoms with Gasteiger partial charge in [-0.05, 0) is 54.9 Å². The van der Waals surface area contributed by atoms with Gasteiger partial charge in [0.1, 0.15) is 23.6 Å². The number of hydrogen-bond donors (Lipinski definition) is 1. The molecule has 9 heteroatoms. The summed E-state index contributed by atoms with van der Waals surface area (Å²) in [7, 11) is 0. The van der Waals surface area contributed by atoms with Crippen LogP contribution in [-0.4, -0.2) is 36.4 Å². The predicted molar refractivity (Wildman–Crippen MR) is 127 cm³/mol. The average molecular weight is 490 g/mol. The molecule has 3 heterocycles. The van der Waals surface area contributed by atoms with Crippen LogP contribution in [0.15, 0.2) is 47.3 Å². The second kappa shape index (κ2) is 7.96. The molecule has 36 heavy (non-hydrogen) atoms. The van der Waals surface area contributed by atoms with E-state index in [1.54, 1.807) is 25.4 Å². The second-order valence-corrected chi connectivity index (χ2v) is 10.3. The minimum atomic E-state index is -0.666. The lowest BCUT2D eigenvalue weighted by molar-refractivity contribution is 0.194. The Morgan fingerprint density at radius 2 is 1.89 bits per heavy atom. The number of oxazole rings is 1. The Hall–Kier alpha value is -3.59.